The Balaban J connectivity index is 1.66. The minimum absolute atomic E-state index is 0.0301. The Kier molecular flexibility index (Phi) is 6.74. The summed E-state index contributed by atoms with van der Waals surface area (Å²) >= 11 is 0. The molecule has 1 fully saturated rings. The molecule has 2 amide bonds. The second-order valence-electron chi connectivity index (χ2n) is 9.20. The molecular formula is C25H32N4O4S. The highest BCUT2D eigenvalue weighted by atomic mass is 32.2. The van der Waals surface area contributed by atoms with Gasteiger partial charge in [0.15, 0.2) is 9.84 Å². The number of fused-ring (bicyclic) bond motifs is 1. The number of nitrogens with one attached hydrogen (secondary N) is 2. The Bertz CT molecular complexity index is 1290. The Morgan fingerprint density at radius 3 is 2.47 bits per heavy atom. The molecule has 3 aromatic rings. The molecule has 0 saturated heterocycles. The van der Waals surface area contributed by atoms with E-state index in [4.69, 9.17) is 10.5 Å². The van der Waals surface area contributed by atoms with Crippen LogP contribution in [0, 0.1) is 0 Å². The van der Waals surface area contributed by atoms with Crippen molar-refractivity contribution in [1.82, 2.24) is 9.88 Å². The largest absolute Gasteiger partial charge is 0.492 e. The first kappa shape index (κ1) is 23.9. The minimum atomic E-state index is -3.09. The summed E-state index contributed by atoms with van der Waals surface area (Å²) in [6, 6.07) is 13.5. The second-order valence-corrected chi connectivity index (χ2v) is 11.5. The van der Waals surface area contributed by atoms with E-state index in [2.05, 4.69) is 15.2 Å². The summed E-state index contributed by atoms with van der Waals surface area (Å²) in [4.78, 5) is 12.0. The standard InChI is InChI=1S/C25H32N4O4S/c1-16(2)27-25(30)28-18-9-7-17(8-10-18)24-23(26)21-12-11-20(33-13-14-34(3,31)32)15-22(21)29(24)19-5-4-6-19/h7-12,15-16,19H,4-6,13-14,26H2,1-3H3,(H2,27,28,30). The van der Waals surface area contributed by atoms with Gasteiger partial charge in [-0.2, -0.15) is 0 Å². The van der Waals surface area contributed by atoms with Gasteiger partial charge in [0.25, 0.3) is 0 Å². The van der Waals surface area contributed by atoms with E-state index < -0.39 is 9.84 Å². The maximum Gasteiger partial charge on any atom is 0.319 e. The number of carbonyl (C=O) groups excluding carboxylic acids is 1. The zero-order chi connectivity index (χ0) is 24.5. The maximum absolute atomic E-state index is 12.0. The van der Waals surface area contributed by atoms with Crippen molar-refractivity contribution in [2.24, 2.45) is 0 Å². The zero-order valence-electron chi connectivity index (χ0n) is 19.8. The SMILES string of the molecule is CC(C)NC(=O)Nc1ccc(-c2c(N)c3ccc(OCCS(C)(=O)=O)cc3n2C2CCC2)cc1. The van der Waals surface area contributed by atoms with Crippen LogP contribution in [0.1, 0.15) is 39.2 Å². The van der Waals surface area contributed by atoms with Crippen LogP contribution in [0.2, 0.25) is 0 Å². The van der Waals surface area contributed by atoms with Crippen LogP contribution >= 0.6 is 0 Å². The van der Waals surface area contributed by atoms with Crippen molar-refractivity contribution in [2.75, 3.05) is 29.7 Å². The average molecular weight is 485 g/mol. The monoisotopic (exact) mass is 484 g/mol. The van der Waals surface area contributed by atoms with Crippen LogP contribution in [0.3, 0.4) is 0 Å². The van der Waals surface area contributed by atoms with E-state index >= 15 is 0 Å². The molecule has 4 rings (SSSR count). The number of rotatable bonds is 8. The quantitative estimate of drug-likeness (QED) is 0.433. The van der Waals surface area contributed by atoms with Crippen LogP contribution in [0.15, 0.2) is 42.5 Å². The van der Waals surface area contributed by atoms with Gasteiger partial charge in [-0.15, -0.1) is 0 Å². The maximum atomic E-state index is 12.0. The molecule has 0 bridgehead atoms. The van der Waals surface area contributed by atoms with Gasteiger partial charge in [-0.1, -0.05) is 12.1 Å². The predicted octanol–water partition coefficient (Wildman–Crippen LogP) is 4.57. The number of nitrogen functional groups attached to an aromatic ring is 1. The van der Waals surface area contributed by atoms with Crippen LogP contribution < -0.4 is 21.1 Å². The number of sulfone groups is 1. The number of hydrogen-bond acceptors (Lipinski definition) is 5. The van der Waals surface area contributed by atoms with E-state index in [-0.39, 0.29) is 24.4 Å². The number of urea groups is 1. The lowest BCUT2D eigenvalue weighted by atomic mass is 9.92. The van der Waals surface area contributed by atoms with Crippen molar-refractivity contribution in [2.45, 2.75) is 45.2 Å². The van der Waals surface area contributed by atoms with E-state index in [1.54, 1.807) is 0 Å². The molecule has 1 saturated carbocycles. The van der Waals surface area contributed by atoms with E-state index in [1.165, 1.54) is 12.7 Å². The molecule has 9 heteroatoms. The van der Waals surface area contributed by atoms with Gasteiger partial charge in [-0.25, -0.2) is 13.2 Å². The molecule has 0 unspecified atom stereocenters. The molecular weight excluding hydrogens is 452 g/mol. The van der Waals surface area contributed by atoms with Gasteiger partial charge in [0.05, 0.1) is 22.7 Å². The van der Waals surface area contributed by atoms with Gasteiger partial charge in [-0.05, 0) is 57.4 Å². The Morgan fingerprint density at radius 2 is 1.88 bits per heavy atom. The van der Waals surface area contributed by atoms with E-state index in [9.17, 15) is 13.2 Å². The molecule has 34 heavy (non-hydrogen) atoms. The van der Waals surface area contributed by atoms with Crippen LogP contribution in [0.4, 0.5) is 16.2 Å². The van der Waals surface area contributed by atoms with Gasteiger partial charge in [0.1, 0.15) is 12.4 Å². The number of benzene rings is 2. The molecule has 0 aliphatic heterocycles. The molecule has 8 nitrogen and oxygen atoms in total. The Morgan fingerprint density at radius 1 is 1.18 bits per heavy atom. The minimum Gasteiger partial charge on any atom is -0.492 e. The normalized spacial score (nSPS) is 14.2. The van der Waals surface area contributed by atoms with Crippen LogP contribution in [0.5, 0.6) is 5.75 Å². The molecule has 0 spiro atoms. The van der Waals surface area contributed by atoms with Crippen molar-refractivity contribution in [3.63, 3.8) is 0 Å². The van der Waals surface area contributed by atoms with Crippen molar-refractivity contribution in [3.8, 4) is 17.0 Å². The van der Waals surface area contributed by atoms with Crippen molar-refractivity contribution in [1.29, 1.82) is 0 Å². The molecule has 1 aromatic heterocycles. The smallest absolute Gasteiger partial charge is 0.319 e. The summed E-state index contributed by atoms with van der Waals surface area (Å²) < 4.78 is 30.9. The van der Waals surface area contributed by atoms with Crippen molar-refractivity contribution < 1.29 is 17.9 Å². The van der Waals surface area contributed by atoms with E-state index in [0.717, 1.165) is 35.0 Å². The third kappa shape index (κ3) is 5.30. The first-order valence-electron chi connectivity index (χ1n) is 11.5. The third-order valence-corrected chi connectivity index (χ3v) is 6.92. The summed E-state index contributed by atoms with van der Waals surface area (Å²) in [5.41, 5.74) is 10.9. The molecule has 1 heterocycles. The highest BCUT2D eigenvalue weighted by Crippen LogP contribution is 2.44. The summed E-state index contributed by atoms with van der Waals surface area (Å²) in [5.74, 6) is 0.592. The number of anilines is 2. The van der Waals surface area contributed by atoms with Gasteiger partial charge < -0.3 is 25.7 Å². The van der Waals surface area contributed by atoms with Crippen LogP contribution in [0.25, 0.3) is 22.2 Å². The first-order valence-corrected chi connectivity index (χ1v) is 13.6. The lowest BCUT2D eigenvalue weighted by Crippen LogP contribution is -2.34. The number of nitrogens with two attached hydrogens (primary N) is 1. The number of aromatic nitrogens is 1. The topological polar surface area (TPSA) is 115 Å². The van der Waals surface area contributed by atoms with Gasteiger partial charge >= 0.3 is 6.03 Å². The number of ether oxygens (including phenoxy) is 1. The number of carbonyl (C=O) groups is 1. The molecule has 1 aliphatic rings. The van der Waals surface area contributed by atoms with Gasteiger partial charge in [-0.3, -0.25) is 0 Å². The number of nitrogens with zero attached hydrogens (tertiary/aromatic N) is 1. The second kappa shape index (κ2) is 9.58. The molecule has 4 N–H and O–H groups in total. The Hall–Kier alpha value is -3.20. The fraction of sp³-hybridized carbons (Fsp3) is 0.400. The molecule has 1 aliphatic carbocycles. The summed E-state index contributed by atoms with van der Waals surface area (Å²) in [7, 11) is -3.09. The number of hydrogen-bond donors (Lipinski definition) is 3. The van der Waals surface area contributed by atoms with E-state index in [0.29, 0.717) is 23.2 Å². The van der Waals surface area contributed by atoms with E-state index in [1.807, 2.05) is 56.3 Å². The fourth-order valence-electron chi connectivity index (χ4n) is 4.18. The van der Waals surface area contributed by atoms with Gasteiger partial charge in [0, 0.05) is 41.0 Å². The number of amides is 2. The molecule has 182 valence electrons. The predicted molar refractivity (Wildman–Crippen MR) is 137 cm³/mol. The lowest BCUT2D eigenvalue weighted by Gasteiger charge is -2.30. The van der Waals surface area contributed by atoms with Crippen molar-refractivity contribution >= 4 is 38.1 Å². The summed E-state index contributed by atoms with van der Waals surface area (Å²) in [5, 5.41) is 6.60. The molecule has 2 aromatic carbocycles. The Labute approximate surface area is 200 Å². The van der Waals surface area contributed by atoms with Crippen LogP contribution in [-0.2, 0) is 9.84 Å². The fourth-order valence-corrected chi connectivity index (χ4v) is 4.56. The van der Waals surface area contributed by atoms with Crippen molar-refractivity contribution in [3.05, 3.63) is 42.5 Å². The third-order valence-electron chi connectivity index (χ3n) is 6.01. The van der Waals surface area contributed by atoms with Crippen LogP contribution in [-0.4, -0.2) is 43.7 Å². The highest BCUT2D eigenvalue weighted by Gasteiger charge is 2.27. The van der Waals surface area contributed by atoms with Gasteiger partial charge in [0.2, 0.25) is 0 Å². The first-order chi connectivity index (χ1) is 16.1. The molecule has 0 radical (unpaired) electrons. The summed E-state index contributed by atoms with van der Waals surface area (Å²) in [6.07, 6.45) is 4.52. The molecule has 0 atom stereocenters. The lowest BCUT2D eigenvalue weighted by molar-refractivity contribution is 0.250. The highest BCUT2D eigenvalue weighted by molar-refractivity contribution is 7.90. The summed E-state index contributed by atoms with van der Waals surface area (Å²) in [6.45, 7) is 3.93. The average Bonchev–Trinajstić information content (AvgIpc) is 2.98. The zero-order valence-corrected chi connectivity index (χ0v) is 20.6.